The van der Waals surface area contributed by atoms with Crippen molar-refractivity contribution in [2.75, 3.05) is 13.1 Å². The zero-order valence-corrected chi connectivity index (χ0v) is 17.8. The lowest BCUT2D eigenvalue weighted by Gasteiger charge is -2.32. The zero-order valence-electron chi connectivity index (χ0n) is 17.0. The number of nitrogens with one attached hydrogen (secondary N) is 1. The molecule has 1 saturated heterocycles. The Kier molecular flexibility index (Phi) is 5.88. The van der Waals surface area contributed by atoms with Crippen molar-refractivity contribution in [2.45, 2.75) is 30.7 Å². The van der Waals surface area contributed by atoms with E-state index in [-0.39, 0.29) is 29.3 Å². The van der Waals surface area contributed by atoms with Gasteiger partial charge in [0.1, 0.15) is 0 Å². The second-order valence-electron chi connectivity index (χ2n) is 7.85. The summed E-state index contributed by atoms with van der Waals surface area (Å²) >= 11 is 0. The monoisotopic (exact) mass is 422 g/mol. The van der Waals surface area contributed by atoms with Gasteiger partial charge in [0.15, 0.2) is 0 Å². The molecule has 0 saturated carbocycles. The van der Waals surface area contributed by atoms with E-state index in [2.05, 4.69) is 5.32 Å². The van der Waals surface area contributed by atoms with E-state index in [1.807, 2.05) is 67.6 Å². The maximum Gasteiger partial charge on any atom is 0.243 e. The van der Waals surface area contributed by atoms with Gasteiger partial charge in [0.05, 0.1) is 16.9 Å². The first-order chi connectivity index (χ1) is 14.4. The molecule has 6 heteroatoms. The molecule has 0 radical (unpaired) electrons. The number of benzene rings is 3. The van der Waals surface area contributed by atoms with E-state index in [0.29, 0.717) is 19.4 Å². The van der Waals surface area contributed by atoms with Crippen molar-refractivity contribution in [3.8, 4) is 0 Å². The highest BCUT2D eigenvalue weighted by Crippen LogP contribution is 2.27. The Morgan fingerprint density at radius 3 is 2.47 bits per heavy atom. The van der Waals surface area contributed by atoms with Crippen molar-refractivity contribution in [3.05, 3.63) is 78.4 Å². The number of amides is 1. The molecule has 3 aromatic rings. The fourth-order valence-electron chi connectivity index (χ4n) is 4.01. The van der Waals surface area contributed by atoms with Crippen LogP contribution in [0.1, 0.15) is 31.4 Å². The number of carbonyl (C=O) groups excluding carboxylic acids is 1. The summed E-state index contributed by atoms with van der Waals surface area (Å²) in [6.07, 6.45) is 1.36. The largest absolute Gasteiger partial charge is 0.349 e. The molecule has 0 aliphatic carbocycles. The Labute approximate surface area is 177 Å². The Hall–Kier alpha value is -2.70. The summed E-state index contributed by atoms with van der Waals surface area (Å²) in [6, 6.07) is 22.5. The maximum atomic E-state index is 13.2. The average molecular weight is 423 g/mol. The summed E-state index contributed by atoms with van der Waals surface area (Å²) in [5, 5.41) is 4.93. The van der Waals surface area contributed by atoms with Crippen molar-refractivity contribution in [2.24, 2.45) is 5.92 Å². The maximum absolute atomic E-state index is 13.2. The van der Waals surface area contributed by atoms with Gasteiger partial charge in [-0.05, 0) is 48.2 Å². The third-order valence-electron chi connectivity index (χ3n) is 5.77. The van der Waals surface area contributed by atoms with Crippen LogP contribution in [0.25, 0.3) is 10.8 Å². The summed E-state index contributed by atoms with van der Waals surface area (Å²) in [7, 11) is -3.65. The van der Waals surface area contributed by atoms with Crippen LogP contribution in [0.2, 0.25) is 0 Å². The van der Waals surface area contributed by atoms with E-state index in [1.165, 1.54) is 4.31 Å². The standard InChI is InChI=1S/C24H26N2O3S/c1-18(19-8-3-2-4-9-19)25-24(27)22-12-7-15-26(17-22)30(28,29)23-14-13-20-10-5-6-11-21(20)16-23/h2-6,8-11,13-14,16,18,22H,7,12,15,17H2,1H3,(H,25,27)/t18-,22-/m1/s1. The number of rotatable bonds is 5. The molecule has 0 unspecified atom stereocenters. The highest BCUT2D eigenvalue weighted by Gasteiger charge is 2.33. The number of sulfonamides is 1. The highest BCUT2D eigenvalue weighted by atomic mass is 32.2. The summed E-state index contributed by atoms with van der Waals surface area (Å²) in [5.74, 6) is -0.440. The van der Waals surface area contributed by atoms with Crippen molar-refractivity contribution in [1.82, 2.24) is 9.62 Å². The quantitative estimate of drug-likeness (QED) is 0.673. The van der Waals surface area contributed by atoms with E-state index < -0.39 is 10.0 Å². The SMILES string of the molecule is C[C@@H](NC(=O)[C@@H]1CCCN(S(=O)(=O)c2ccc3ccccc3c2)C1)c1ccccc1. The van der Waals surface area contributed by atoms with Crippen LogP contribution in [-0.2, 0) is 14.8 Å². The third-order valence-corrected chi connectivity index (χ3v) is 7.63. The highest BCUT2D eigenvalue weighted by molar-refractivity contribution is 7.89. The first kappa shape index (κ1) is 20.6. The van der Waals surface area contributed by atoms with Gasteiger partial charge >= 0.3 is 0 Å². The summed E-state index contributed by atoms with van der Waals surface area (Å²) in [6.45, 7) is 2.59. The van der Waals surface area contributed by atoms with Gasteiger partial charge in [-0.25, -0.2) is 8.42 Å². The lowest BCUT2D eigenvalue weighted by atomic mass is 9.98. The Morgan fingerprint density at radius 2 is 1.70 bits per heavy atom. The van der Waals surface area contributed by atoms with Gasteiger partial charge in [-0.15, -0.1) is 0 Å². The van der Waals surface area contributed by atoms with Crippen molar-refractivity contribution >= 4 is 26.7 Å². The Bertz CT molecular complexity index is 1150. The molecule has 2 atom stereocenters. The first-order valence-electron chi connectivity index (χ1n) is 10.3. The molecule has 156 valence electrons. The topological polar surface area (TPSA) is 66.5 Å². The molecule has 4 rings (SSSR count). The van der Waals surface area contributed by atoms with Crippen LogP contribution in [0.5, 0.6) is 0 Å². The predicted molar refractivity (Wildman–Crippen MR) is 118 cm³/mol. The fourth-order valence-corrected chi connectivity index (χ4v) is 5.57. The van der Waals surface area contributed by atoms with Gasteiger partial charge in [0.2, 0.25) is 15.9 Å². The number of hydrogen-bond acceptors (Lipinski definition) is 3. The van der Waals surface area contributed by atoms with E-state index in [9.17, 15) is 13.2 Å². The molecule has 1 amide bonds. The minimum atomic E-state index is -3.65. The van der Waals surface area contributed by atoms with Gasteiger partial charge in [-0.3, -0.25) is 4.79 Å². The molecule has 0 spiro atoms. The number of piperidine rings is 1. The lowest BCUT2D eigenvalue weighted by Crippen LogP contribution is -2.45. The third kappa shape index (κ3) is 4.25. The smallest absolute Gasteiger partial charge is 0.243 e. The Morgan fingerprint density at radius 1 is 1.00 bits per heavy atom. The van der Waals surface area contributed by atoms with Crippen LogP contribution < -0.4 is 5.32 Å². The second kappa shape index (κ2) is 8.58. The van der Waals surface area contributed by atoms with E-state index in [1.54, 1.807) is 12.1 Å². The molecule has 5 nitrogen and oxygen atoms in total. The van der Waals surface area contributed by atoms with Crippen LogP contribution in [0.3, 0.4) is 0 Å². The van der Waals surface area contributed by atoms with Crippen LogP contribution in [-0.4, -0.2) is 31.7 Å². The van der Waals surface area contributed by atoms with Gasteiger partial charge in [0, 0.05) is 13.1 Å². The second-order valence-corrected chi connectivity index (χ2v) is 9.79. The minimum absolute atomic E-state index is 0.0928. The molecule has 3 aromatic carbocycles. The number of hydrogen-bond donors (Lipinski definition) is 1. The van der Waals surface area contributed by atoms with Crippen LogP contribution >= 0.6 is 0 Å². The normalized spacial score (nSPS) is 18.8. The van der Waals surface area contributed by atoms with Gasteiger partial charge in [-0.1, -0.05) is 60.7 Å². The van der Waals surface area contributed by atoms with Gasteiger partial charge < -0.3 is 5.32 Å². The molecule has 1 N–H and O–H groups in total. The van der Waals surface area contributed by atoms with Crippen LogP contribution in [0.15, 0.2) is 77.7 Å². The van der Waals surface area contributed by atoms with Crippen molar-refractivity contribution in [1.29, 1.82) is 0 Å². The molecular formula is C24H26N2O3S. The summed E-state index contributed by atoms with van der Waals surface area (Å²) < 4.78 is 27.9. The molecule has 1 aliphatic rings. The number of nitrogens with zero attached hydrogens (tertiary/aromatic N) is 1. The lowest BCUT2D eigenvalue weighted by molar-refractivity contribution is -0.126. The van der Waals surface area contributed by atoms with Crippen LogP contribution in [0, 0.1) is 5.92 Å². The van der Waals surface area contributed by atoms with E-state index >= 15 is 0 Å². The predicted octanol–water partition coefficient (Wildman–Crippen LogP) is 4.12. The molecule has 1 heterocycles. The first-order valence-corrected chi connectivity index (χ1v) is 11.7. The van der Waals surface area contributed by atoms with Crippen molar-refractivity contribution < 1.29 is 13.2 Å². The fraction of sp³-hybridized carbons (Fsp3) is 0.292. The van der Waals surface area contributed by atoms with Crippen molar-refractivity contribution in [3.63, 3.8) is 0 Å². The molecular weight excluding hydrogens is 396 g/mol. The van der Waals surface area contributed by atoms with E-state index in [0.717, 1.165) is 16.3 Å². The zero-order chi connectivity index (χ0) is 21.1. The molecule has 1 aliphatic heterocycles. The minimum Gasteiger partial charge on any atom is -0.349 e. The van der Waals surface area contributed by atoms with Crippen LogP contribution in [0.4, 0.5) is 0 Å². The van der Waals surface area contributed by atoms with Gasteiger partial charge in [0.25, 0.3) is 0 Å². The number of fused-ring (bicyclic) bond motifs is 1. The Balaban J connectivity index is 1.49. The number of carbonyl (C=O) groups is 1. The average Bonchev–Trinajstić information content (AvgIpc) is 2.79. The molecule has 0 aromatic heterocycles. The summed E-state index contributed by atoms with van der Waals surface area (Å²) in [4.78, 5) is 13.1. The molecule has 0 bridgehead atoms. The van der Waals surface area contributed by atoms with E-state index in [4.69, 9.17) is 0 Å². The molecule has 30 heavy (non-hydrogen) atoms. The van der Waals surface area contributed by atoms with Gasteiger partial charge in [-0.2, -0.15) is 4.31 Å². The molecule has 1 fully saturated rings. The summed E-state index contributed by atoms with van der Waals surface area (Å²) in [5.41, 5.74) is 1.03.